The van der Waals surface area contributed by atoms with Gasteiger partial charge in [-0.3, -0.25) is 5.43 Å². The predicted octanol–water partition coefficient (Wildman–Crippen LogP) is 6.79. The van der Waals surface area contributed by atoms with Gasteiger partial charge in [0.15, 0.2) is 0 Å². The third kappa shape index (κ3) is 6.97. The monoisotopic (exact) mass is 378 g/mol. The predicted molar refractivity (Wildman–Crippen MR) is 108 cm³/mol. The number of hydrogen-bond donors (Lipinski definition) is 1. The summed E-state index contributed by atoms with van der Waals surface area (Å²) >= 11 is 11.9. The van der Waals surface area contributed by atoms with Crippen molar-refractivity contribution in [3.63, 3.8) is 0 Å². The zero-order valence-corrected chi connectivity index (χ0v) is 16.0. The van der Waals surface area contributed by atoms with Crippen LogP contribution in [0.5, 0.6) is 5.75 Å². The van der Waals surface area contributed by atoms with Crippen molar-refractivity contribution in [3.05, 3.63) is 58.1 Å². The van der Waals surface area contributed by atoms with Gasteiger partial charge in [-0.05, 0) is 36.8 Å². The van der Waals surface area contributed by atoms with E-state index >= 15 is 0 Å². The molecule has 0 aliphatic rings. The second-order valence-corrected chi connectivity index (χ2v) is 6.61. The van der Waals surface area contributed by atoms with Gasteiger partial charge in [0, 0.05) is 5.56 Å². The molecule has 2 aromatic rings. The molecule has 0 unspecified atom stereocenters. The Hall–Kier alpha value is -1.71. The van der Waals surface area contributed by atoms with Gasteiger partial charge >= 0.3 is 0 Å². The third-order valence-electron chi connectivity index (χ3n) is 3.74. The van der Waals surface area contributed by atoms with Crippen molar-refractivity contribution in [2.45, 2.75) is 39.0 Å². The first-order valence-corrected chi connectivity index (χ1v) is 9.42. The molecule has 5 heteroatoms. The zero-order valence-electron chi connectivity index (χ0n) is 14.5. The zero-order chi connectivity index (χ0) is 17.9. The van der Waals surface area contributed by atoms with E-state index in [-0.39, 0.29) is 0 Å². The number of hydrazone groups is 1. The average molecular weight is 379 g/mol. The lowest BCUT2D eigenvalue weighted by molar-refractivity contribution is 0.304. The van der Waals surface area contributed by atoms with E-state index in [4.69, 9.17) is 27.9 Å². The Morgan fingerprint density at radius 1 is 1.00 bits per heavy atom. The highest BCUT2D eigenvalue weighted by Gasteiger charge is 2.01. The molecule has 0 aromatic heterocycles. The number of hydrogen-bond acceptors (Lipinski definition) is 3. The minimum atomic E-state index is 0.494. The summed E-state index contributed by atoms with van der Waals surface area (Å²) in [6.45, 7) is 2.95. The smallest absolute Gasteiger partial charge is 0.128 e. The van der Waals surface area contributed by atoms with Crippen LogP contribution in [0, 0.1) is 0 Å². The van der Waals surface area contributed by atoms with Crippen LogP contribution in [0.25, 0.3) is 0 Å². The molecule has 0 radical (unpaired) electrons. The first-order chi connectivity index (χ1) is 12.2. The highest BCUT2D eigenvalue weighted by atomic mass is 35.5. The molecule has 1 N–H and O–H groups in total. The maximum atomic E-state index is 5.99. The summed E-state index contributed by atoms with van der Waals surface area (Å²) in [7, 11) is 0. The standard InChI is InChI=1S/C20H24Cl2N2O/c1-2-3-4-5-8-13-25-20-10-7-6-9-16(20)15-23-24-17-11-12-18(21)19(22)14-17/h6-7,9-12,14-15,24H,2-5,8,13H2,1H3. The fraction of sp³-hybridized carbons (Fsp3) is 0.350. The lowest BCUT2D eigenvalue weighted by Crippen LogP contribution is -2.00. The summed E-state index contributed by atoms with van der Waals surface area (Å²) in [4.78, 5) is 0. The van der Waals surface area contributed by atoms with Crippen LogP contribution >= 0.6 is 23.2 Å². The Labute approximate surface area is 160 Å². The van der Waals surface area contributed by atoms with Crippen molar-refractivity contribution >= 4 is 35.1 Å². The van der Waals surface area contributed by atoms with Gasteiger partial charge < -0.3 is 4.74 Å². The SMILES string of the molecule is CCCCCCCOc1ccccc1C=NNc1ccc(Cl)c(Cl)c1. The number of nitrogens with one attached hydrogen (secondary N) is 1. The number of ether oxygens (including phenoxy) is 1. The number of para-hydroxylation sites is 1. The number of rotatable bonds is 10. The topological polar surface area (TPSA) is 33.6 Å². The molecule has 0 atom stereocenters. The van der Waals surface area contributed by atoms with E-state index in [9.17, 15) is 0 Å². The number of benzene rings is 2. The largest absolute Gasteiger partial charge is 0.493 e. The van der Waals surface area contributed by atoms with Crippen LogP contribution in [0.3, 0.4) is 0 Å². The normalized spacial score (nSPS) is 11.0. The first-order valence-electron chi connectivity index (χ1n) is 8.66. The highest BCUT2D eigenvalue weighted by Crippen LogP contribution is 2.25. The van der Waals surface area contributed by atoms with E-state index < -0.39 is 0 Å². The molecule has 0 amide bonds. The Bertz CT molecular complexity index is 689. The van der Waals surface area contributed by atoms with Gasteiger partial charge in [-0.25, -0.2) is 0 Å². The molecule has 134 valence electrons. The van der Waals surface area contributed by atoms with Crippen LogP contribution in [0.15, 0.2) is 47.6 Å². The average Bonchev–Trinajstić information content (AvgIpc) is 2.62. The Balaban J connectivity index is 1.87. The van der Waals surface area contributed by atoms with Crippen LogP contribution in [0.2, 0.25) is 10.0 Å². The number of unbranched alkanes of at least 4 members (excludes halogenated alkanes) is 4. The summed E-state index contributed by atoms with van der Waals surface area (Å²) in [6.07, 6.45) is 7.86. The summed E-state index contributed by atoms with van der Waals surface area (Å²) in [5, 5.41) is 5.27. The van der Waals surface area contributed by atoms with Crippen molar-refractivity contribution in [1.29, 1.82) is 0 Å². The minimum Gasteiger partial charge on any atom is -0.493 e. The molecule has 2 rings (SSSR count). The number of anilines is 1. The number of nitrogens with zero attached hydrogens (tertiary/aromatic N) is 1. The molecule has 0 saturated carbocycles. The van der Waals surface area contributed by atoms with Crippen LogP contribution < -0.4 is 10.2 Å². The molecular formula is C20H24Cl2N2O. The molecule has 25 heavy (non-hydrogen) atoms. The van der Waals surface area contributed by atoms with E-state index in [0.29, 0.717) is 10.0 Å². The molecule has 3 nitrogen and oxygen atoms in total. The van der Waals surface area contributed by atoms with E-state index in [1.807, 2.05) is 30.3 Å². The van der Waals surface area contributed by atoms with Crippen LogP contribution in [-0.2, 0) is 0 Å². The second-order valence-electron chi connectivity index (χ2n) is 5.80. The van der Waals surface area contributed by atoms with Crippen LogP contribution in [-0.4, -0.2) is 12.8 Å². The van der Waals surface area contributed by atoms with Gasteiger partial charge in [0.25, 0.3) is 0 Å². The quantitative estimate of drug-likeness (QED) is 0.280. The fourth-order valence-electron chi connectivity index (χ4n) is 2.35. The van der Waals surface area contributed by atoms with Gasteiger partial charge in [0.05, 0.1) is 28.6 Å². The van der Waals surface area contributed by atoms with Crippen molar-refractivity contribution in [1.82, 2.24) is 0 Å². The molecule has 0 fully saturated rings. The van der Waals surface area contributed by atoms with Gasteiger partial charge in [0.1, 0.15) is 5.75 Å². The molecule has 0 saturated heterocycles. The molecule has 0 aliphatic carbocycles. The summed E-state index contributed by atoms with van der Waals surface area (Å²) in [6, 6.07) is 13.2. The molecule has 0 bridgehead atoms. The van der Waals surface area contributed by atoms with Crippen LogP contribution in [0.1, 0.15) is 44.6 Å². The summed E-state index contributed by atoms with van der Waals surface area (Å²) in [5.74, 6) is 0.845. The van der Waals surface area contributed by atoms with Crippen molar-refractivity contribution in [3.8, 4) is 5.75 Å². The third-order valence-corrected chi connectivity index (χ3v) is 4.48. The minimum absolute atomic E-state index is 0.494. The lowest BCUT2D eigenvalue weighted by Gasteiger charge is -2.09. The summed E-state index contributed by atoms with van der Waals surface area (Å²) in [5.41, 5.74) is 4.66. The molecule has 0 aliphatic heterocycles. The second kappa shape index (κ2) is 11.0. The van der Waals surface area contributed by atoms with Gasteiger partial charge in [0.2, 0.25) is 0 Å². The van der Waals surface area contributed by atoms with E-state index in [0.717, 1.165) is 30.0 Å². The first kappa shape index (κ1) is 19.6. The summed E-state index contributed by atoms with van der Waals surface area (Å²) < 4.78 is 5.90. The van der Waals surface area contributed by atoms with E-state index in [1.165, 1.54) is 25.7 Å². The highest BCUT2D eigenvalue weighted by molar-refractivity contribution is 6.42. The van der Waals surface area contributed by atoms with Gasteiger partial charge in [-0.2, -0.15) is 5.10 Å². The van der Waals surface area contributed by atoms with Crippen LogP contribution in [0.4, 0.5) is 5.69 Å². The van der Waals surface area contributed by atoms with Crippen molar-refractivity contribution in [2.24, 2.45) is 5.10 Å². The molecule has 0 spiro atoms. The Morgan fingerprint density at radius 3 is 2.60 bits per heavy atom. The maximum absolute atomic E-state index is 5.99. The molecule has 2 aromatic carbocycles. The van der Waals surface area contributed by atoms with Gasteiger partial charge in [-0.15, -0.1) is 0 Å². The molecular weight excluding hydrogens is 355 g/mol. The molecule has 0 heterocycles. The van der Waals surface area contributed by atoms with Gasteiger partial charge in [-0.1, -0.05) is 67.9 Å². The Kier molecular flexibility index (Phi) is 8.64. The van der Waals surface area contributed by atoms with Crippen molar-refractivity contribution in [2.75, 3.05) is 12.0 Å². The van der Waals surface area contributed by atoms with E-state index in [2.05, 4.69) is 17.5 Å². The maximum Gasteiger partial charge on any atom is 0.128 e. The van der Waals surface area contributed by atoms with Crippen molar-refractivity contribution < 1.29 is 4.74 Å². The number of halogens is 2. The van der Waals surface area contributed by atoms with E-state index in [1.54, 1.807) is 18.3 Å². The fourth-order valence-corrected chi connectivity index (χ4v) is 2.65. The Morgan fingerprint density at radius 2 is 1.80 bits per heavy atom. The lowest BCUT2D eigenvalue weighted by atomic mass is 10.2.